The Bertz CT molecular complexity index is 476. The van der Waals surface area contributed by atoms with Crippen molar-refractivity contribution in [1.29, 1.82) is 0 Å². The van der Waals surface area contributed by atoms with Crippen LogP contribution in [0.4, 0.5) is 10.1 Å². The van der Waals surface area contributed by atoms with Gasteiger partial charge in [0, 0.05) is 18.7 Å². The van der Waals surface area contributed by atoms with E-state index in [-0.39, 0.29) is 11.7 Å². The Morgan fingerprint density at radius 1 is 1.58 bits per heavy atom. The van der Waals surface area contributed by atoms with Crippen LogP contribution in [0.1, 0.15) is 31.7 Å². The Balaban J connectivity index is 2.21. The van der Waals surface area contributed by atoms with Crippen molar-refractivity contribution in [1.82, 2.24) is 0 Å². The highest BCUT2D eigenvalue weighted by Gasteiger charge is 2.21. The molecule has 19 heavy (non-hydrogen) atoms. The highest BCUT2D eigenvalue weighted by atomic mass is 19.1. The molecule has 4 nitrogen and oxygen atoms in total. The van der Waals surface area contributed by atoms with Gasteiger partial charge in [0.15, 0.2) is 5.84 Å². The smallest absolute Gasteiger partial charge is 0.170 e. The summed E-state index contributed by atoms with van der Waals surface area (Å²) in [6.45, 7) is 3.96. The maximum atomic E-state index is 14.1. The number of piperidine rings is 1. The number of halogens is 1. The lowest BCUT2D eigenvalue weighted by Gasteiger charge is -2.34. The third kappa shape index (κ3) is 2.97. The van der Waals surface area contributed by atoms with E-state index in [9.17, 15) is 4.39 Å². The summed E-state index contributed by atoms with van der Waals surface area (Å²) >= 11 is 0. The van der Waals surface area contributed by atoms with Gasteiger partial charge >= 0.3 is 0 Å². The van der Waals surface area contributed by atoms with Crippen LogP contribution in [-0.2, 0) is 0 Å². The Hall–Kier alpha value is -1.78. The number of anilines is 1. The average molecular weight is 265 g/mol. The number of benzene rings is 1. The number of nitrogens with zero attached hydrogens (tertiary/aromatic N) is 2. The van der Waals surface area contributed by atoms with Gasteiger partial charge < -0.3 is 15.8 Å². The molecule has 0 saturated carbocycles. The van der Waals surface area contributed by atoms with Crippen LogP contribution in [-0.4, -0.2) is 24.1 Å². The molecule has 1 unspecified atom stereocenters. The first-order chi connectivity index (χ1) is 9.15. The van der Waals surface area contributed by atoms with Gasteiger partial charge in [0.05, 0.1) is 5.69 Å². The molecular formula is C14H20FN3O. The molecule has 1 aliphatic rings. The van der Waals surface area contributed by atoms with Crippen LogP contribution in [0.15, 0.2) is 23.4 Å². The summed E-state index contributed by atoms with van der Waals surface area (Å²) in [7, 11) is 0. The molecule has 0 aliphatic carbocycles. The van der Waals surface area contributed by atoms with Crippen molar-refractivity contribution in [3.63, 3.8) is 0 Å². The van der Waals surface area contributed by atoms with Crippen LogP contribution in [0.3, 0.4) is 0 Å². The first-order valence-electron chi connectivity index (χ1n) is 6.68. The molecule has 3 N–H and O–H groups in total. The lowest BCUT2D eigenvalue weighted by molar-refractivity contribution is 0.318. The summed E-state index contributed by atoms with van der Waals surface area (Å²) in [5, 5.41) is 11.5. The Morgan fingerprint density at radius 2 is 2.37 bits per heavy atom. The molecular weight excluding hydrogens is 245 g/mol. The first-order valence-corrected chi connectivity index (χ1v) is 6.68. The van der Waals surface area contributed by atoms with Crippen LogP contribution < -0.4 is 10.6 Å². The van der Waals surface area contributed by atoms with Gasteiger partial charge in [-0.2, -0.15) is 0 Å². The normalized spacial score (nSPS) is 20.6. The molecule has 1 saturated heterocycles. The quantitative estimate of drug-likeness (QED) is 0.382. The summed E-state index contributed by atoms with van der Waals surface area (Å²) < 4.78 is 14.1. The van der Waals surface area contributed by atoms with Gasteiger partial charge in [-0.25, -0.2) is 4.39 Å². The van der Waals surface area contributed by atoms with E-state index in [2.05, 4.69) is 17.0 Å². The molecule has 1 aromatic carbocycles. The second kappa shape index (κ2) is 5.91. The number of nitrogens with two attached hydrogens (primary N) is 1. The van der Waals surface area contributed by atoms with Crippen molar-refractivity contribution in [2.75, 3.05) is 18.0 Å². The fraction of sp³-hybridized carbons (Fsp3) is 0.500. The molecule has 0 amide bonds. The molecule has 0 spiro atoms. The van der Waals surface area contributed by atoms with Crippen molar-refractivity contribution < 1.29 is 9.60 Å². The van der Waals surface area contributed by atoms with Gasteiger partial charge in [-0.1, -0.05) is 18.5 Å². The number of hydrogen-bond acceptors (Lipinski definition) is 3. The minimum absolute atomic E-state index is 0.0736. The average Bonchev–Trinajstić information content (AvgIpc) is 2.46. The third-order valence-corrected chi connectivity index (χ3v) is 3.79. The first kappa shape index (κ1) is 13.6. The standard InChI is InChI=1S/C14H20FN3O/c1-2-10-4-3-7-18(9-10)13-6-5-11(8-12(13)15)14(16)17-19/h5-6,8,10,19H,2-4,7,9H2,1H3,(H2,16,17). The van der Waals surface area contributed by atoms with E-state index >= 15 is 0 Å². The molecule has 1 aromatic rings. The van der Waals surface area contributed by atoms with E-state index in [1.807, 2.05) is 0 Å². The largest absolute Gasteiger partial charge is 0.409 e. The lowest BCUT2D eigenvalue weighted by atomic mass is 9.95. The van der Waals surface area contributed by atoms with Gasteiger partial charge in [0.25, 0.3) is 0 Å². The molecule has 1 fully saturated rings. The van der Waals surface area contributed by atoms with E-state index in [0.717, 1.165) is 25.9 Å². The van der Waals surface area contributed by atoms with E-state index < -0.39 is 0 Å². The summed E-state index contributed by atoms with van der Waals surface area (Å²) in [5.74, 6) is 0.244. The van der Waals surface area contributed by atoms with Crippen LogP contribution >= 0.6 is 0 Å². The van der Waals surface area contributed by atoms with E-state index in [4.69, 9.17) is 10.9 Å². The van der Waals surface area contributed by atoms with Gasteiger partial charge in [-0.3, -0.25) is 0 Å². The van der Waals surface area contributed by atoms with Crippen molar-refractivity contribution in [3.8, 4) is 0 Å². The van der Waals surface area contributed by atoms with Crippen LogP contribution in [0, 0.1) is 11.7 Å². The van der Waals surface area contributed by atoms with Gasteiger partial charge in [-0.05, 0) is 37.0 Å². The number of oxime groups is 1. The molecule has 0 aromatic heterocycles. The molecule has 1 atom stereocenters. The molecule has 1 heterocycles. The SMILES string of the molecule is CCC1CCCN(c2ccc(/C(N)=N/O)cc2F)C1. The fourth-order valence-corrected chi connectivity index (χ4v) is 2.60. The van der Waals surface area contributed by atoms with E-state index in [1.165, 1.54) is 12.5 Å². The van der Waals surface area contributed by atoms with Gasteiger partial charge in [0.1, 0.15) is 5.82 Å². The van der Waals surface area contributed by atoms with Crippen molar-refractivity contribution >= 4 is 11.5 Å². The highest BCUT2D eigenvalue weighted by molar-refractivity contribution is 5.97. The molecule has 2 rings (SSSR count). The maximum absolute atomic E-state index is 14.1. The number of amidine groups is 1. The topological polar surface area (TPSA) is 61.8 Å². The fourth-order valence-electron chi connectivity index (χ4n) is 2.60. The number of rotatable bonds is 3. The monoisotopic (exact) mass is 265 g/mol. The van der Waals surface area contributed by atoms with Crippen LogP contribution in [0.5, 0.6) is 0 Å². The molecule has 1 aliphatic heterocycles. The van der Waals surface area contributed by atoms with E-state index in [1.54, 1.807) is 12.1 Å². The highest BCUT2D eigenvalue weighted by Crippen LogP contribution is 2.27. The zero-order chi connectivity index (χ0) is 13.8. The van der Waals surface area contributed by atoms with Gasteiger partial charge in [0.2, 0.25) is 0 Å². The second-order valence-electron chi connectivity index (χ2n) is 5.01. The zero-order valence-corrected chi connectivity index (χ0v) is 11.1. The molecule has 5 heteroatoms. The van der Waals surface area contributed by atoms with Crippen LogP contribution in [0.2, 0.25) is 0 Å². The predicted octanol–water partition coefficient (Wildman–Crippen LogP) is 2.55. The third-order valence-electron chi connectivity index (χ3n) is 3.79. The van der Waals surface area contributed by atoms with Crippen LogP contribution in [0.25, 0.3) is 0 Å². The summed E-state index contributed by atoms with van der Waals surface area (Å²) in [6.07, 6.45) is 3.44. The van der Waals surface area contributed by atoms with Gasteiger partial charge in [-0.15, -0.1) is 0 Å². The minimum Gasteiger partial charge on any atom is -0.409 e. The zero-order valence-electron chi connectivity index (χ0n) is 11.1. The van der Waals surface area contributed by atoms with Crippen molar-refractivity contribution in [2.45, 2.75) is 26.2 Å². The van der Waals surface area contributed by atoms with E-state index in [0.29, 0.717) is 17.2 Å². The minimum atomic E-state index is -0.319. The predicted molar refractivity (Wildman–Crippen MR) is 74.1 cm³/mol. The molecule has 0 radical (unpaired) electrons. The summed E-state index contributed by atoms with van der Waals surface area (Å²) in [5.41, 5.74) is 6.46. The van der Waals surface area contributed by atoms with Crippen molar-refractivity contribution in [3.05, 3.63) is 29.6 Å². The maximum Gasteiger partial charge on any atom is 0.170 e. The Kier molecular flexibility index (Phi) is 4.24. The second-order valence-corrected chi connectivity index (χ2v) is 5.01. The Labute approximate surface area is 112 Å². The summed E-state index contributed by atoms with van der Waals surface area (Å²) in [6, 6.07) is 4.71. The molecule has 104 valence electrons. The number of hydrogen-bond donors (Lipinski definition) is 2. The lowest BCUT2D eigenvalue weighted by Crippen LogP contribution is -2.35. The molecule has 0 bridgehead atoms. The Morgan fingerprint density at radius 3 is 3.00 bits per heavy atom. The summed E-state index contributed by atoms with van der Waals surface area (Å²) in [4.78, 5) is 2.09. The van der Waals surface area contributed by atoms with Crippen molar-refractivity contribution in [2.24, 2.45) is 16.8 Å².